The second kappa shape index (κ2) is 6.93. The first-order chi connectivity index (χ1) is 10.7. The minimum Gasteiger partial charge on any atom is -0.487 e. The first kappa shape index (κ1) is 15.0. The van der Waals surface area contributed by atoms with E-state index in [4.69, 9.17) is 4.74 Å². The van der Waals surface area contributed by atoms with Gasteiger partial charge in [-0.25, -0.2) is 4.39 Å². The largest absolute Gasteiger partial charge is 0.487 e. The van der Waals surface area contributed by atoms with Crippen LogP contribution in [0.4, 0.5) is 4.39 Å². The van der Waals surface area contributed by atoms with Crippen LogP contribution in [0.2, 0.25) is 0 Å². The highest BCUT2D eigenvalue weighted by Gasteiger charge is 2.26. The maximum Gasteiger partial charge on any atom is 0.125 e. The predicted molar refractivity (Wildman–Crippen MR) is 84.5 cm³/mol. The molecule has 0 saturated heterocycles. The van der Waals surface area contributed by atoms with Gasteiger partial charge < -0.3 is 9.84 Å². The highest BCUT2D eigenvalue weighted by atomic mass is 19.1. The van der Waals surface area contributed by atoms with Crippen molar-refractivity contribution in [2.75, 3.05) is 0 Å². The molecular weight excluding hydrogens is 279 g/mol. The number of hydrogen-bond donors (Lipinski definition) is 1. The number of aliphatic hydroxyl groups excluding tert-OH is 1. The molecule has 0 unspecified atom stereocenters. The van der Waals surface area contributed by atoms with Gasteiger partial charge in [-0.05, 0) is 61.4 Å². The summed E-state index contributed by atoms with van der Waals surface area (Å²) in [5.41, 5.74) is 2.19. The Balaban J connectivity index is 1.51. The Morgan fingerprint density at radius 2 is 2.00 bits per heavy atom. The number of benzene rings is 2. The van der Waals surface area contributed by atoms with Crippen molar-refractivity contribution in [2.45, 2.75) is 44.3 Å². The van der Waals surface area contributed by atoms with Gasteiger partial charge in [0.05, 0.1) is 6.10 Å². The number of rotatable bonds is 5. The van der Waals surface area contributed by atoms with Crippen LogP contribution in [0.25, 0.3) is 0 Å². The van der Waals surface area contributed by atoms with Crippen molar-refractivity contribution < 1.29 is 14.2 Å². The molecule has 0 fully saturated rings. The second-order valence-corrected chi connectivity index (χ2v) is 5.89. The first-order valence-electron chi connectivity index (χ1n) is 7.89. The SMILES string of the molecule is O[C@@H](CCCc1ccccc1)[C@H]1CCc2cc(F)ccc2O1. The zero-order chi connectivity index (χ0) is 15.4. The minimum atomic E-state index is -0.470. The predicted octanol–water partition coefficient (Wildman–Crippen LogP) is 3.90. The number of halogens is 1. The topological polar surface area (TPSA) is 29.5 Å². The summed E-state index contributed by atoms with van der Waals surface area (Å²) in [5.74, 6) is 0.476. The summed E-state index contributed by atoms with van der Waals surface area (Å²) < 4.78 is 19.0. The molecule has 1 aliphatic rings. The molecule has 0 aliphatic carbocycles. The van der Waals surface area contributed by atoms with E-state index in [9.17, 15) is 9.50 Å². The van der Waals surface area contributed by atoms with E-state index in [1.54, 1.807) is 6.07 Å². The van der Waals surface area contributed by atoms with Gasteiger partial charge >= 0.3 is 0 Å². The van der Waals surface area contributed by atoms with E-state index in [0.29, 0.717) is 5.75 Å². The summed E-state index contributed by atoms with van der Waals surface area (Å²) in [5, 5.41) is 10.3. The van der Waals surface area contributed by atoms with E-state index in [-0.39, 0.29) is 11.9 Å². The van der Waals surface area contributed by atoms with Crippen LogP contribution in [0.5, 0.6) is 5.75 Å². The Labute approximate surface area is 130 Å². The summed E-state index contributed by atoms with van der Waals surface area (Å²) in [6.45, 7) is 0. The molecule has 0 aromatic heterocycles. The molecule has 1 N–H and O–H groups in total. The number of ether oxygens (including phenoxy) is 1. The monoisotopic (exact) mass is 300 g/mol. The van der Waals surface area contributed by atoms with Crippen LogP contribution in [-0.4, -0.2) is 17.3 Å². The van der Waals surface area contributed by atoms with Gasteiger partial charge in [0.25, 0.3) is 0 Å². The molecule has 3 rings (SSSR count). The smallest absolute Gasteiger partial charge is 0.125 e. The Hall–Kier alpha value is -1.87. The summed E-state index contributed by atoms with van der Waals surface area (Å²) in [6.07, 6.45) is 3.45. The Kier molecular flexibility index (Phi) is 4.74. The van der Waals surface area contributed by atoms with E-state index in [1.807, 2.05) is 18.2 Å². The number of aryl methyl sites for hydroxylation is 2. The van der Waals surface area contributed by atoms with Crippen LogP contribution < -0.4 is 4.74 Å². The summed E-state index contributed by atoms with van der Waals surface area (Å²) in [4.78, 5) is 0. The molecule has 2 aromatic rings. The van der Waals surface area contributed by atoms with Gasteiger partial charge in [0.1, 0.15) is 17.7 Å². The van der Waals surface area contributed by atoms with Gasteiger partial charge in [0, 0.05) is 0 Å². The van der Waals surface area contributed by atoms with E-state index >= 15 is 0 Å². The van der Waals surface area contributed by atoms with Crippen LogP contribution in [0.15, 0.2) is 48.5 Å². The van der Waals surface area contributed by atoms with Gasteiger partial charge in [-0.1, -0.05) is 30.3 Å². The van der Waals surface area contributed by atoms with Crippen LogP contribution in [0.1, 0.15) is 30.4 Å². The average molecular weight is 300 g/mol. The molecular formula is C19H21FO2. The first-order valence-corrected chi connectivity index (χ1v) is 7.89. The molecule has 2 aromatic carbocycles. The van der Waals surface area contributed by atoms with E-state index in [0.717, 1.165) is 37.7 Å². The lowest BCUT2D eigenvalue weighted by Crippen LogP contribution is -2.35. The van der Waals surface area contributed by atoms with Gasteiger partial charge in [0.2, 0.25) is 0 Å². The molecule has 0 spiro atoms. The van der Waals surface area contributed by atoms with Crippen molar-refractivity contribution in [3.8, 4) is 5.75 Å². The van der Waals surface area contributed by atoms with Crippen molar-refractivity contribution in [3.05, 3.63) is 65.5 Å². The zero-order valence-electron chi connectivity index (χ0n) is 12.5. The molecule has 0 saturated carbocycles. The van der Waals surface area contributed by atoms with E-state index in [1.165, 1.54) is 17.7 Å². The average Bonchev–Trinajstić information content (AvgIpc) is 2.55. The van der Waals surface area contributed by atoms with Crippen LogP contribution in [-0.2, 0) is 12.8 Å². The number of hydrogen-bond acceptors (Lipinski definition) is 2. The standard InChI is InChI=1S/C19H21FO2/c20-16-10-12-18-15(13-16)9-11-19(22-18)17(21)8-4-7-14-5-2-1-3-6-14/h1-3,5-6,10,12-13,17,19,21H,4,7-9,11H2/t17-,19+/m0/s1. The van der Waals surface area contributed by atoms with E-state index in [2.05, 4.69) is 12.1 Å². The van der Waals surface area contributed by atoms with Crippen LogP contribution in [0.3, 0.4) is 0 Å². The zero-order valence-corrected chi connectivity index (χ0v) is 12.5. The lowest BCUT2D eigenvalue weighted by Gasteiger charge is -2.29. The fourth-order valence-electron chi connectivity index (χ4n) is 2.99. The van der Waals surface area contributed by atoms with Gasteiger partial charge in [-0.15, -0.1) is 0 Å². The minimum absolute atomic E-state index is 0.186. The Bertz CT molecular complexity index is 612. The molecule has 1 heterocycles. The van der Waals surface area contributed by atoms with Crippen LogP contribution in [0, 0.1) is 5.82 Å². The Morgan fingerprint density at radius 1 is 1.18 bits per heavy atom. The molecule has 0 radical (unpaired) electrons. The van der Waals surface area contributed by atoms with Crippen LogP contribution >= 0.6 is 0 Å². The highest BCUT2D eigenvalue weighted by molar-refractivity contribution is 5.35. The van der Waals surface area contributed by atoms with Crippen molar-refractivity contribution in [3.63, 3.8) is 0 Å². The number of aliphatic hydroxyl groups is 1. The second-order valence-electron chi connectivity index (χ2n) is 5.89. The summed E-state index contributed by atoms with van der Waals surface area (Å²) >= 11 is 0. The van der Waals surface area contributed by atoms with Crippen molar-refractivity contribution in [1.82, 2.24) is 0 Å². The fourth-order valence-corrected chi connectivity index (χ4v) is 2.99. The quantitative estimate of drug-likeness (QED) is 0.907. The van der Waals surface area contributed by atoms with Gasteiger partial charge in [0.15, 0.2) is 0 Å². The lowest BCUT2D eigenvalue weighted by molar-refractivity contribution is 0.0179. The summed E-state index contributed by atoms with van der Waals surface area (Å²) in [6, 6.07) is 14.9. The third-order valence-corrected chi connectivity index (χ3v) is 4.24. The molecule has 0 amide bonds. The fraction of sp³-hybridized carbons (Fsp3) is 0.368. The normalized spacial score (nSPS) is 18.4. The highest BCUT2D eigenvalue weighted by Crippen LogP contribution is 2.30. The van der Waals surface area contributed by atoms with Gasteiger partial charge in [-0.3, -0.25) is 0 Å². The van der Waals surface area contributed by atoms with E-state index < -0.39 is 6.10 Å². The number of fused-ring (bicyclic) bond motifs is 1. The third kappa shape index (κ3) is 3.66. The molecule has 116 valence electrons. The molecule has 2 atom stereocenters. The Morgan fingerprint density at radius 3 is 2.82 bits per heavy atom. The maximum atomic E-state index is 13.2. The van der Waals surface area contributed by atoms with Crippen molar-refractivity contribution in [1.29, 1.82) is 0 Å². The molecule has 1 aliphatic heterocycles. The summed E-state index contributed by atoms with van der Waals surface area (Å²) in [7, 11) is 0. The molecule has 0 bridgehead atoms. The van der Waals surface area contributed by atoms with Crippen molar-refractivity contribution >= 4 is 0 Å². The van der Waals surface area contributed by atoms with Gasteiger partial charge in [-0.2, -0.15) is 0 Å². The molecule has 2 nitrogen and oxygen atoms in total. The molecule has 22 heavy (non-hydrogen) atoms. The van der Waals surface area contributed by atoms with Crippen molar-refractivity contribution in [2.24, 2.45) is 0 Å². The third-order valence-electron chi connectivity index (χ3n) is 4.24. The lowest BCUT2D eigenvalue weighted by atomic mass is 9.96. The molecule has 3 heteroatoms. The maximum absolute atomic E-state index is 13.2.